The first-order chi connectivity index (χ1) is 11.7. The molecule has 2 heterocycles. The largest absolute Gasteiger partial charge is 0.391 e. The van der Waals surface area contributed by atoms with Gasteiger partial charge < -0.3 is 10.0 Å². The first kappa shape index (κ1) is 16.2. The molecule has 2 aromatic heterocycles. The molecule has 0 radical (unpaired) electrons. The van der Waals surface area contributed by atoms with E-state index in [-0.39, 0.29) is 5.56 Å². The van der Waals surface area contributed by atoms with Crippen molar-refractivity contribution in [2.24, 2.45) is 0 Å². The third kappa shape index (κ3) is 3.63. The highest BCUT2D eigenvalue weighted by Crippen LogP contribution is 2.17. The summed E-state index contributed by atoms with van der Waals surface area (Å²) < 4.78 is 1.53. The molecule has 3 aromatic rings. The van der Waals surface area contributed by atoms with Crippen molar-refractivity contribution in [3.05, 3.63) is 76.8 Å². The summed E-state index contributed by atoms with van der Waals surface area (Å²) in [5.41, 5.74) is 2.22. The van der Waals surface area contributed by atoms with Gasteiger partial charge in [0.15, 0.2) is 0 Å². The van der Waals surface area contributed by atoms with E-state index < -0.39 is 6.10 Å². The maximum Gasteiger partial charge on any atom is 0.258 e. The van der Waals surface area contributed by atoms with Crippen LogP contribution in [0.25, 0.3) is 5.65 Å². The highest BCUT2D eigenvalue weighted by atomic mass is 16.3. The lowest BCUT2D eigenvalue weighted by atomic mass is 10.2. The maximum atomic E-state index is 12.3. The molecule has 1 unspecified atom stereocenters. The number of hydrogen-bond donors (Lipinski definition) is 1. The van der Waals surface area contributed by atoms with Crippen LogP contribution < -0.4 is 10.5 Å². The quantitative estimate of drug-likeness (QED) is 0.757. The van der Waals surface area contributed by atoms with E-state index in [4.69, 9.17) is 0 Å². The van der Waals surface area contributed by atoms with Crippen LogP contribution in [0.1, 0.15) is 19.0 Å². The van der Waals surface area contributed by atoms with Crippen molar-refractivity contribution < 1.29 is 5.11 Å². The number of pyridine rings is 1. The molecule has 3 rings (SSSR count). The lowest BCUT2D eigenvalue weighted by Crippen LogP contribution is -2.32. The molecule has 1 atom stereocenters. The molecule has 0 aliphatic carbocycles. The summed E-state index contributed by atoms with van der Waals surface area (Å²) in [5, 5.41) is 10.1. The topological polar surface area (TPSA) is 57.8 Å². The second-order valence-electron chi connectivity index (χ2n) is 5.79. The number of aliphatic hydroxyl groups excluding tert-OH is 1. The lowest BCUT2D eigenvalue weighted by Gasteiger charge is -2.26. The summed E-state index contributed by atoms with van der Waals surface area (Å²) in [4.78, 5) is 18.9. The molecule has 124 valence electrons. The number of para-hydroxylation sites is 1. The van der Waals surface area contributed by atoms with Gasteiger partial charge in [0.1, 0.15) is 5.65 Å². The number of fused-ring (bicyclic) bond motifs is 1. The van der Waals surface area contributed by atoms with Gasteiger partial charge in [-0.05, 0) is 30.7 Å². The summed E-state index contributed by atoms with van der Waals surface area (Å²) in [5.74, 6) is 0. The third-order valence-corrected chi connectivity index (χ3v) is 4.00. The van der Waals surface area contributed by atoms with Crippen molar-refractivity contribution in [1.29, 1.82) is 0 Å². The van der Waals surface area contributed by atoms with Crippen LogP contribution in [0.5, 0.6) is 0 Å². The SMILES string of the molecule is CCC(O)CN(Cc1cc(=O)n2ccccc2n1)c1ccccc1. The Labute approximate surface area is 140 Å². The van der Waals surface area contributed by atoms with Crippen molar-refractivity contribution in [3.8, 4) is 0 Å². The second kappa shape index (κ2) is 7.27. The normalized spacial score (nSPS) is 12.2. The first-order valence-electron chi connectivity index (χ1n) is 8.12. The number of aliphatic hydroxyl groups is 1. The van der Waals surface area contributed by atoms with Crippen LogP contribution >= 0.6 is 0 Å². The zero-order valence-corrected chi connectivity index (χ0v) is 13.7. The monoisotopic (exact) mass is 323 g/mol. The van der Waals surface area contributed by atoms with Crippen LogP contribution in [0.4, 0.5) is 5.69 Å². The Kier molecular flexibility index (Phi) is 4.91. The predicted octanol–water partition coefficient (Wildman–Crippen LogP) is 2.47. The van der Waals surface area contributed by atoms with Crippen LogP contribution in [0, 0.1) is 0 Å². The van der Waals surface area contributed by atoms with Gasteiger partial charge in [0.25, 0.3) is 5.56 Å². The summed E-state index contributed by atoms with van der Waals surface area (Å²) in [6.07, 6.45) is 1.97. The smallest absolute Gasteiger partial charge is 0.258 e. The van der Waals surface area contributed by atoms with Crippen LogP contribution in [-0.4, -0.2) is 27.1 Å². The Morgan fingerprint density at radius 1 is 1.17 bits per heavy atom. The van der Waals surface area contributed by atoms with Crippen molar-refractivity contribution in [3.63, 3.8) is 0 Å². The zero-order valence-electron chi connectivity index (χ0n) is 13.7. The molecule has 0 bridgehead atoms. The number of aromatic nitrogens is 2. The van der Waals surface area contributed by atoms with Crippen molar-refractivity contribution in [2.45, 2.75) is 26.0 Å². The van der Waals surface area contributed by atoms with E-state index >= 15 is 0 Å². The minimum atomic E-state index is -0.424. The third-order valence-electron chi connectivity index (χ3n) is 4.00. The molecule has 5 heteroatoms. The molecule has 0 fully saturated rings. The molecule has 1 aromatic carbocycles. The van der Waals surface area contributed by atoms with Gasteiger partial charge >= 0.3 is 0 Å². The van der Waals surface area contributed by atoms with Crippen molar-refractivity contribution in [1.82, 2.24) is 9.38 Å². The Morgan fingerprint density at radius 3 is 2.67 bits per heavy atom. The number of nitrogens with zero attached hydrogens (tertiary/aromatic N) is 3. The van der Waals surface area contributed by atoms with Crippen LogP contribution in [0.15, 0.2) is 65.6 Å². The van der Waals surface area contributed by atoms with E-state index in [1.807, 2.05) is 55.5 Å². The van der Waals surface area contributed by atoms with Crippen molar-refractivity contribution in [2.75, 3.05) is 11.4 Å². The van der Waals surface area contributed by atoms with E-state index in [0.717, 1.165) is 5.69 Å². The Balaban J connectivity index is 1.93. The van der Waals surface area contributed by atoms with Gasteiger partial charge in [0.2, 0.25) is 0 Å². The number of anilines is 1. The van der Waals surface area contributed by atoms with Gasteiger partial charge in [-0.3, -0.25) is 9.20 Å². The predicted molar refractivity (Wildman–Crippen MR) is 95.3 cm³/mol. The minimum absolute atomic E-state index is 0.0975. The van der Waals surface area contributed by atoms with E-state index in [2.05, 4.69) is 9.88 Å². The lowest BCUT2D eigenvalue weighted by molar-refractivity contribution is 0.175. The Morgan fingerprint density at radius 2 is 1.92 bits per heavy atom. The van der Waals surface area contributed by atoms with Gasteiger partial charge in [-0.2, -0.15) is 0 Å². The fraction of sp³-hybridized carbons (Fsp3) is 0.263. The standard InChI is InChI=1S/C19H21N3O2/c1-2-17(23)14-21(16-8-4-3-5-9-16)13-15-12-19(24)22-11-7-6-10-18(22)20-15/h3-12,17,23H,2,13-14H2,1H3. The first-order valence-corrected chi connectivity index (χ1v) is 8.12. The van der Waals surface area contributed by atoms with Crippen LogP contribution in [0.3, 0.4) is 0 Å². The summed E-state index contributed by atoms with van der Waals surface area (Å²) in [6.45, 7) is 2.92. The number of hydrogen-bond acceptors (Lipinski definition) is 4. The van der Waals surface area contributed by atoms with E-state index in [1.165, 1.54) is 4.40 Å². The van der Waals surface area contributed by atoms with Gasteiger partial charge in [0.05, 0.1) is 18.3 Å². The molecule has 0 aliphatic rings. The molecule has 24 heavy (non-hydrogen) atoms. The molecule has 0 saturated carbocycles. The maximum absolute atomic E-state index is 12.3. The fourth-order valence-electron chi connectivity index (χ4n) is 2.66. The van der Waals surface area contributed by atoms with Gasteiger partial charge in [-0.1, -0.05) is 31.2 Å². The molecular weight excluding hydrogens is 302 g/mol. The fourth-order valence-corrected chi connectivity index (χ4v) is 2.66. The second-order valence-corrected chi connectivity index (χ2v) is 5.79. The molecule has 0 saturated heterocycles. The molecular formula is C19H21N3O2. The summed E-state index contributed by atoms with van der Waals surface area (Å²) >= 11 is 0. The van der Waals surface area contributed by atoms with Crippen LogP contribution in [0.2, 0.25) is 0 Å². The highest BCUT2D eigenvalue weighted by Gasteiger charge is 2.13. The van der Waals surface area contributed by atoms with Crippen LogP contribution in [-0.2, 0) is 6.54 Å². The molecule has 0 aliphatic heterocycles. The van der Waals surface area contributed by atoms with Gasteiger partial charge in [-0.15, -0.1) is 0 Å². The Hall–Kier alpha value is -2.66. The van der Waals surface area contributed by atoms with E-state index in [0.29, 0.717) is 30.9 Å². The summed E-state index contributed by atoms with van der Waals surface area (Å²) in [7, 11) is 0. The van der Waals surface area contributed by atoms with E-state index in [9.17, 15) is 9.90 Å². The van der Waals surface area contributed by atoms with Crippen molar-refractivity contribution >= 4 is 11.3 Å². The number of benzene rings is 1. The average molecular weight is 323 g/mol. The highest BCUT2D eigenvalue weighted by molar-refractivity contribution is 5.47. The zero-order chi connectivity index (χ0) is 16.9. The van der Waals surface area contributed by atoms with Gasteiger partial charge in [0, 0.05) is 24.5 Å². The Bertz CT molecular complexity index is 861. The van der Waals surface area contributed by atoms with Gasteiger partial charge in [-0.25, -0.2) is 4.98 Å². The van der Waals surface area contributed by atoms with E-state index in [1.54, 1.807) is 12.3 Å². The molecule has 0 amide bonds. The molecule has 5 nitrogen and oxygen atoms in total. The number of rotatable bonds is 6. The minimum Gasteiger partial charge on any atom is -0.391 e. The molecule has 0 spiro atoms. The molecule has 1 N–H and O–H groups in total. The average Bonchev–Trinajstić information content (AvgIpc) is 2.62. The summed E-state index contributed by atoms with van der Waals surface area (Å²) in [6, 6.07) is 16.9.